The van der Waals surface area contributed by atoms with E-state index in [1.165, 1.54) is 25.5 Å². The van der Waals surface area contributed by atoms with Crippen LogP contribution in [0.4, 0.5) is 0 Å². The zero-order valence-electron chi connectivity index (χ0n) is 20.2. The zero-order valence-corrected chi connectivity index (χ0v) is 21.0. The van der Waals surface area contributed by atoms with Crippen LogP contribution in [0.5, 0.6) is 11.5 Å². The smallest absolute Gasteiger partial charge is 0.242 e. The van der Waals surface area contributed by atoms with Crippen molar-refractivity contribution >= 4 is 22.1 Å². The molecule has 188 valence electrons. The first-order chi connectivity index (χ1) is 17.3. The number of carbonyl (C=O) groups is 1. The maximum Gasteiger partial charge on any atom is 0.242 e. The summed E-state index contributed by atoms with van der Waals surface area (Å²) in [6, 6.07) is 19.9. The molecule has 3 aromatic rings. The fraction of sp³-hybridized carbons (Fsp3) is 0.185. The molecule has 3 aromatic carbocycles. The van der Waals surface area contributed by atoms with Crippen LogP contribution in [-0.4, -0.2) is 34.3 Å². The molecule has 0 heterocycles. The summed E-state index contributed by atoms with van der Waals surface area (Å²) in [6.07, 6.45) is 2.95. The highest BCUT2D eigenvalue weighted by Gasteiger charge is 2.23. The molecule has 0 spiro atoms. The Balaban J connectivity index is 1.70. The Kier molecular flexibility index (Phi) is 9.38. The van der Waals surface area contributed by atoms with E-state index in [0.29, 0.717) is 29.2 Å². The number of hydrazone groups is 1. The number of rotatable bonds is 12. The fourth-order valence-electron chi connectivity index (χ4n) is 3.33. The van der Waals surface area contributed by atoms with Gasteiger partial charge in [0.1, 0.15) is 6.61 Å². The van der Waals surface area contributed by atoms with E-state index < -0.39 is 22.0 Å². The minimum absolute atomic E-state index is 0.127. The molecule has 0 saturated heterocycles. The highest BCUT2D eigenvalue weighted by Crippen LogP contribution is 2.27. The quantitative estimate of drug-likeness (QED) is 0.218. The van der Waals surface area contributed by atoms with Crippen LogP contribution >= 0.6 is 0 Å². The van der Waals surface area contributed by atoms with E-state index in [0.717, 1.165) is 5.56 Å². The molecule has 0 aliphatic rings. The van der Waals surface area contributed by atoms with Crippen molar-refractivity contribution in [2.24, 2.45) is 5.10 Å². The number of hydrogen-bond acceptors (Lipinski definition) is 6. The van der Waals surface area contributed by atoms with Gasteiger partial charge in [0, 0.05) is 6.42 Å². The van der Waals surface area contributed by atoms with Gasteiger partial charge in [-0.25, -0.2) is 18.6 Å². The van der Waals surface area contributed by atoms with Crippen LogP contribution in [0.15, 0.2) is 95.4 Å². The molecule has 8 nitrogen and oxygen atoms in total. The minimum Gasteiger partial charge on any atom is -0.493 e. The molecule has 0 aliphatic carbocycles. The van der Waals surface area contributed by atoms with E-state index in [-0.39, 0.29) is 11.3 Å². The summed E-state index contributed by atoms with van der Waals surface area (Å²) in [5.41, 5.74) is 4.75. The lowest BCUT2D eigenvalue weighted by atomic mass is 10.0. The Hall–Kier alpha value is -3.95. The van der Waals surface area contributed by atoms with Crippen molar-refractivity contribution in [2.75, 3.05) is 13.7 Å². The van der Waals surface area contributed by atoms with Gasteiger partial charge in [-0.05, 0) is 48.4 Å². The first-order valence-corrected chi connectivity index (χ1v) is 12.7. The molecule has 0 saturated carbocycles. The Morgan fingerprint density at radius 1 is 1.06 bits per heavy atom. The molecule has 0 unspecified atom stereocenters. The number of amides is 1. The molecule has 0 radical (unpaired) electrons. The molecular weight excluding hydrogens is 478 g/mol. The standard InChI is InChI=1S/C27H29N3O5S/c1-4-16-35-25-15-12-21(17-26(25)34-3)19-28-29-27(31)18-24(22-8-6-5-7-9-22)30-36(32,33)23-13-10-20(2)11-14-23/h4-15,17,19,24,30H,1,16,18H2,2-3H3,(H,29,31)/b28-19-/t24-/m1/s1. The molecule has 2 N–H and O–H groups in total. The summed E-state index contributed by atoms with van der Waals surface area (Å²) < 4.78 is 39.4. The number of hydrogen-bond donors (Lipinski definition) is 2. The molecule has 1 amide bonds. The van der Waals surface area contributed by atoms with Crippen molar-refractivity contribution in [3.8, 4) is 11.5 Å². The number of methoxy groups -OCH3 is 1. The predicted octanol–water partition coefficient (Wildman–Crippen LogP) is 4.13. The van der Waals surface area contributed by atoms with Gasteiger partial charge in [0.05, 0.1) is 24.3 Å². The Bertz CT molecular complexity index is 1310. The van der Waals surface area contributed by atoms with Crippen molar-refractivity contribution in [2.45, 2.75) is 24.3 Å². The largest absolute Gasteiger partial charge is 0.493 e. The van der Waals surface area contributed by atoms with Gasteiger partial charge < -0.3 is 9.47 Å². The number of benzene rings is 3. The predicted molar refractivity (Wildman–Crippen MR) is 140 cm³/mol. The Labute approximate surface area is 211 Å². The van der Waals surface area contributed by atoms with Crippen LogP contribution in [0.3, 0.4) is 0 Å². The molecule has 0 fully saturated rings. The molecule has 0 bridgehead atoms. The van der Waals surface area contributed by atoms with Crippen molar-refractivity contribution in [3.63, 3.8) is 0 Å². The van der Waals surface area contributed by atoms with Crippen molar-refractivity contribution < 1.29 is 22.7 Å². The highest BCUT2D eigenvalue weighted by molar-refractivity contribution is 7.89. The van der Waals surface area contributed by atoms with Crippen molar-refractivity contribution in [3.05, 3.63) is 102 Å². The first-order valence-electron chi connectivity index (χ1n) is 11.2. The van der Waals surface area contributed by atoms with Gasteiger partial charge in [-0.15, -0.1) is 0 Å². The number of nitrogens with zero attached hydrogens (tertiary/aromatic N) is 1. The second kappa shape index (κ2) is 12.7. The van der Waals surface area contributed by atoms with Crippen molar-refractivity contribution in [1.29, 1.82) is 0 Å². The third kappa shape index (κ3) is 7.53. The van der Waals surface area contributed by atoms with Gasteiger partial charge >= 0.3 is 0 Å². The number of sulfonamides is 1. The third-order valence-electron chi connectivity index (χ3n) is 5.17. The number of ether oxygens (including phenoxy) is 2. The van der Waals surface area contributed by atoms with Crippen LogP contribution in [0, 0.1) is 6.92 Å². The number of aryl methyl sites for hydroxylation is 1. The SMILES string of the molecule is C=CCOc1ccc(/C=N\NC(=O)C[C@@H](NS(=O)(=O)c2ccc(C)cc2)c2ccccc2)cc1OC. The summed E-state index contributed by atoms with van der Waals surface area (Å²) in [6.45, 7) is 5.84. The molecular formula is C27H29N3O5S. The molecule has 9 heteroatoms. The van der Waals surface area contributed by atoms with E-state index in [1.807, 2.05) is 13.0 Å². The summed E-state index contributed by atoms with van der Waals surface area (Å²) in [4.78, 5) is 12.8. The maximum absolute atomic E-state index is 13.0. The summed E-state index contributed by atoms with van der Waals surface area (Å²) in [5.74, 6) is 0.622. The Morgan fingerprint density at radius 2 is 1.78 bits per heavy atom. The van der Waals surface area contributed by atoms with Crippen LogP contribution in [0.25, 0.3) is 0 Å². The zero-order chi connectivity index (χ0) is 26.0. The maximum atomic E-state index is 13.0. The van der Waals surface area contributed by atoms with Crippen LogP contribution in [0.2, 0.25) is 0 Å². The summed E-state index contributed by atoms with van der Waals surface area (Å²) in [7, 11) is -2.32. The average Bonchev–Trinajstić information content (AvgIpc) is 2.88. The molecule has 3 rings (SSSR count). The molecule has 36 heavy (non-hydrogen) atoms. The van der Waals surface area contributed by atoms with Crippen molar-refractivity contribution in [1.82, 2.24) is 10.1 Å². The van der Waals surface area contributed by atoms with E-state index in [2.05, 4.69) is 21.8 Å². The van der Waals surface area contributed by atoms with Gasteiger partial charge in [-0.3, -0.25) is 4.79 Å². The first kappa shape index (κ1) is 26.7. The van der Waals surface area contributed by atoms with E-state index >= 15 is 0 Å². The fourth-order valence-corrected chi connectivity index (χ4v) is 4.55. The number of nitrogens with one attached hydrogen (secondary N) is 2. The monoisotopic (exact) mass is 507 g/mol. The minimum atomic E-state index is -3.85. The van der Waals surface area contributed by atoms with Gasteiger partial charge in [-0.1, -0.05) is 60.7 Å². The molecule has 0 aliphatic heterocycles. The molecule has 0 aromatic heterocycles. The lowest BCUT2D eigenvalue weighted by Gasteiger charge is -2.18. The van der Waals surface area contributed by atoms with Gasteiger partial charge in [-0.2, -0.15) is 5.10 Å². The van der Waals surface area contributed by atoms with Gasteiger partial charge in [0.25, 0.3) is 0 Å². The third-order valence-corrected chi connectivity index (χ3v) is 6.65. The topological polar surface area (TPSA) is 106 Å². The number of carbonyl (C=O) groups excluding carboxylic acids is 1. The van der Waals surface area contributed by atoms with E-state index in [4.69, 9.17) is 9.47 Å². The second-order valence-electron chi connectivity index (χ2n) is 7.90. The lowest BCUT2D eigenvalue weighted by Crippen LogP contribution is -2.32. The summed E-state index contributed by atoms with van der Waals surface area (Å²) in [5, 5.41) is 4.01. The average molecular weight is 508 g/mol. The molecule has 1 atom stereocenters. The second-order valence-corrected chi connectivity index (χ2v) is 9.62. The van der Waals surface area contributed by atoms with Gasteiger partial charge in [0.15, 0.2) is 11.5 Å². The normalized spacial score (nSPS) is 12.2. The van der Waals surface area contributed by atoms with E-state index in [1.54, 1.807) is 60.7 Å². The van der Waals surface area contributed by atoms with Gasteiger partial charge in [0.2, 0.25) is 15.9 Å². The Morgan fingerprint density at radius 3 is 2.44 bits per heavy atom. The van der Waals surface area contributed by atoms with Crippen LogP contribution < -0.4 is 19.6 Å². The van der Waals surface area contributed by atoms with Crippen LogP contribution in [-0.2, 0) is 14.8 Å². The lowest BCUT2D eigenvalue weighted by molar-refractivity contribution is -0.121. The summed E-state index contributed by atoms with van der Waals surface area (Å²) >= 11 is 0. The van der Waals surface area contributed by atoms with E-state index in [9.17, 15) is 13.2 Å². The van der Waals surface area contributed by atoms with Crippen LogP contribution in [0.1, 0.15) is 29.2 Å². The highest BCUT2D eigenvalue weighted by atomic mass is 32.2.